The van der Waals surface area contributed by atoms with Crippen LogP contribution in [0.3, 0.4) is 0 Å². The summed E-state index contributed by atoms with van der Waals surface area (Å²) in [5.74, 6) is 0.487. The normalized spacial score (nSPS) is 22.5. The molecule has 2 fully saturated rings. The summed E-state index contributed by atoms with van der Waals surface area (Å²) in [6.07, 6.45) is 3.56. The molecule has 4 N–H and O–H groups in total. The van der Waals surface area contributed by atoms with Gasteiger partial charge in [0.2, 0.25) is 5.91 Å². The number of amides is 3. The molecule has 6 rings (SSSR count). The first-order valence-electron chi connectivity index (χ1n) is 13.7. The molecule has 12 nitrogen and oxygen atoms in total. The fourth-order valence-corrected chi connectivity index (χ4v) is 9.21. The number of nitrogens with one attached hydrogen (secondary N) is 4. The molecule has 0 unspecified atom stereocenters. The van der Waals surface area contributed by atoms with E-state index >= 15 is 0 Å². The van der Waals surface area contributed by atoms with Gasteiger partial charge in [0.05, 0.1) is 22.4 Å². The van der Waals surface area contributed by atoms with Crippen molar-refractivity contribution in [3.8, 4) is 6.07 Å². The van der Waals surface area contributed by atoms with E-state index in [1.54, 1.807) is 19.0 Å². The lowest BCUT2D eigenvalue weighted by molar-refractivity contribution is -0.131. The zero-order chi connectivity index (χ0) is 28.9. The van der Waals surface area contributed by atoms with Crippen LogP contribution in [-0.4, -0.2) is 82.0 Å². The second kappa shape index (κ2) is 10.6. The Morgan fingerprint density at radius 3 is 2.29 bits per heavy atom. The van der Waals surface area contributed by atoms with Gasteiger partial charge in [0.1, 0.15) is 11.5 Å². The molecule has 14 heteroatoms. The molecule has 3 amide bonds. The van der Waals surface area contributed by atoms with Crippen molar-refractivity contribution in [2.75, 3.05) is 20.6 Å². The Kier molecular flexibility index (Phi) is 7.13. The zero-order valence-electron chi connectivity index (χ0n) is 23.0. The fraction of sp³-hybridized carbons (Fsp3) is 0.519. The highest BCUT2D eigenvalue weighted by atomic mass is 32.1. The van der Waals surface area contributed by atoms with Gasteiger partial charge in [-0.15, -0.1) is 32.9 Å². The second-order valence-electron chi connectivity index (χ2n) is 11.0. The van der Waals surface area contributed by atoms with Crippen molar-refractivity contribution >= 4 is 40.4 Å². The van der Waals surface area contributed by atoms with Crippen LogP contribution < -0.4 is 16.0 Å². The number of carbonyl (C=O) groups excluding carboxylic acids is 3. The summed E-state index contributed by atoms with van der Waals surface area (Å²) >= 11 is 2.81. The predicted molar refractivity (Wildman–Crippen MR) is 152 cm³/mol. The lowest BCUT2D eigenvalue weighted by atomic mass is 9.76. The third kappa shape index (κ3) is 4.61. The van der Waals surface area contributed by atoms with E-state index in [4.69, 9.17) is 0 Å². The van der Waals surface area contributed by atoms with Gasteiger partial charge in [0.15, 0.2) is 5.82 Å². The molecule has 1 saturated heterocycles. The van der Waals surface area contributed by atoms with Crippen LogP contribution in [0, 0.1) is 17.2 Å². The maximum Gasteiger partial charge on any atom is 0.261 e. The number of aromatic nitrogens is 4. The topological polar surface area (TPSA) is 169 Å². The van der Waals surface area contributed by atoms with Gasteiger partial charge < -0.3 is 20.9 Å². The highest BCUT2D eigenvalue weighted by Gasteiger charge is 2.54. The van der Waals surface area contributed by atoms with Gasteiger partial charge in [-0.2, -0.15) is 10.5 Å². The van der Waals surface area contributed by atoms with Crippen LogP contribution in [0.25, 0.3) is 0 Å². The Morgan fingerprint density at radius 1 is 1.12 bits per heavy atom. The molecule has 1 aliphatic heterocycles. The van der Waals surface area contributed by atoms with Gasteiger partial charge in [-0.3, -0.25) is 14.4 Å². The smallest absolute Gasteiger partial charge is 0.261 e. The number of aryl methyl sites for hydroxylation is 2. The van der Waals surface area contributed by atoms with Crippen LogP contribution in [0.5, 0.6) is 0 Å². The van der Waals surface area contributed by atoms with Gasteiger partial charge >= 0.3 is 0 Å². The minimum atomic E-state index is -0.915. The van der Waals surface area contributed by atoms with Crippen LogP contribution in [0.2, 0.25) is 0 Å². The minimum Gasteiger partial charge on any atom is -0.354 e. The highest BCUT2D eigenvalue weighted by molar-refractivity contribution is 7.16. The lowest BCUT2D eigenvalue weighted by Gasteiger charge is -2.33. The molecular formula is C27H31N9O3S2. The van der Waals surface area contributed by atoms with Crippen LogP contribution in [-0.2, 0) is 23.1 Å². The number of aromatic amines is 1. The monoisotopic (exact) mass is 593 g/mol. The number of thiophene rings is 2. The molecule has 4 heterocycles. The molecule has 0 radical (unpaired) electrons. The van der Waals surface area contributed by atoms with Crippen molar-refractivity contribution in [2.45, 2.75) is 62.6 Å². The number of carbonyl (C=O) groups is 3. The number of H-pyrrole nitrogens is 1. The summed E-state index contributed by atoms with van der Waals surface area (Å²) in [5.41, 5.74) is 1.14. The predicted octanol–water partition coefficient (Wildman–Crippen LogP) is 1.36. The van der Waals surface area contributed by atoms with E-state index in [9.17, 15) is 19.6 Å². The van der Waals surface area contributed by atoms with E-state index in [2.05, 4.69) is 42.6 Å². The first kappa shape index (κ1) is 27.5. The summed E-state index contributed by atoms with van der Waals surface area (Å²) in [7, 11) is 3.22. The molecular weight excluding hydrogens is 562 g/mol. The van der Waals surface area contributed by atoms with Crippen molar-refractivity contribution in [3.05, 3.63) is 48.6 Å². The van der Waals surface area contributed by atoms with Gasteiger partial charge in [-0.1, -0.05) is 5.21 Å². The number of piperidine rings is 1. The third-order valence-electron chi connectivity index (χ3n) is 8.44. The van der Waals surface area contributed by atoms with Crippen LogP contribution in [0.4, 0.5) is 0 Å². The van der Waals surface area contributed by atoms with Crippen molar-refractivity contribution in [2.24, 2.45) is 5.92 Å². The van der Waals surface area contributed by atoms with Crippen LogP contribution in [0.1, 0.15) is 72.2 Å². The number of fused-ring (bicyclic) bond motifs is 3. The molecule has 2 aliphatic carbocycles. The van der Waals surface area contributed by atoms with Gasteiger partial charge in [-0.05, 0) is 68.2 Å². The van der Waals surface area contributed by atoms with Crippen LogP contribution in [0.15, 0.2) is 12.1 Å². The lowest BCUT2D eigenvalue weighted by Crippen LogP contribution is -2.46. The summed E-state index contributed by atoms with van der Waals surface area (Å²) in [4.78, 5) is 43.5. The number of tetrazole rings is 1. The molecule has 214 valence electrons. The van der Waals surface area contributed by atoms with Crippen molar-refractivity contribution < 1.29 is 14.4 Å². The zero-order valence-corrected chi connectivity index (χ0v) is 24.6. The number of nitrogens with zero attached hydrogens (tertiary/aromatic N) is 5. The molecule has 3 aromatic heterocycles. The first-order valence-corrected chi connectivity index (χ1v) is 15.3. The second-order valence-corrected chi connectivity index (χ2v) is 13.1. The summed E-state index contributed by atoms with van der Waals surface area (Å²) in [5, 5.41) is 33.9. The summed E-state index contributed by atoms with van der Waals surface area (Å²) in [6.45, 7) is 2.11. The molecule has 3 aliphatic rings. The average molecular weight is 594 g/mol. The Balaban J connectivity index is 1.39. The summed E-state index contributed by atoms with van der Waals surface area (Å²) < 4.78 is 0. The molecule has 4 atom stereocenters. The third-order valence-corrected chi connectivity index (χ3v) is 11.1. The van der Waals surface area contributed by atoms with Crippen LogP contribution >= 0.6 is 22.7 Å². The van der Waals surface area contributed by atoms with Crippen molar-refractivity contribution in [1.29, 1.82) is 5.26 Å². The number of nitriles is 1. The quantitative estimate of drug-likeness (QED) is 0.304. The van der Waals surface area contributed by atoms with Crippen molar-refractivity contribution in [3.63, 3.8) is 0 Å². The SMILES string of the molecule is CNC(=O)c1cc2c(s1)C(C[C@H](C)NCC(=O)N1[C@H](C#N)C[C@@H]3C[C@@H]31)(c1nn[nH]n1)c1sc(C(=O)NC)cc1CC2. The average Bonchev–Trinajstić information content (AvgIpc) is 3.48. The molecule has 41 heavy (non-hydrogen) atoms. The number of hydrogen-bond donors (Lipinski definition) is 4. The Bertz CT molecular complexity index is 1480. The Labute approximate surface area is 244 Å². The Hall–Kier alpha value is -3.67. The number of rotatable bonds is 8. The first-order chi connectivity index (χ1) is 19.8. The molecule has 3 aromatic rings. The van der Waals surface area contributed by atoms with E-state index in [0.717, 1.165) is 33.7 Å². The largest absolute Gasteiger partial charge is 0.354 e. The van der Waals surface area contributed by atoms with E-state index in [0.29, 0.717) is 40.8 Å². The van der Waals surface area contributed by atoms with E-state index in [1.807, 2.05) is 19.1 Å². The van der Waals surface area contributed by atoms with E-state index in [-0.39, 0.29) is 42.4 Å². The standard InChI is InChI=1S/C27H31N9O3S2/c1-13(31-12-21(37)36-17(11-28)6-16-7-18(16)36)10-27(26-32-34-35-33-26)22-14(8-19(40-22)24(38)29-2)4-5-15-9-20(25(39)30-3)41-23(15)27/h8-9,13,16-18,31H,4-7,10,12H2,1-3H3,(H,29,38)(H,30,39)(H,32,33,34,35)/t13-,16+,17-,18-/m0/s1. The maximum absolute atomic E-state index is 13.2. The highest BCUT2D eigenvalue weighted by Crippen LogP contribution is 2.52. The minimum absolute atomic E-state index is 0.0692. The maximum atomic E-state index is 13.2. The molecule has 0 bridgehead atoms. The van der Waals surface area contributed by atoms with E-state index in [1.165, 1.54) is 22.7 Å². The Morgan fingerprint density at radius 2 is 1.76 bits per heavy atom. The molecule has 1 saturated carbocycles. The molecule has 0 spiro atoms. The number of likely N-dealkylation sites (tertiary alicyclic amines) is 1. The van der Waals surface area contributed by atoms with Crippen molar-refractivity contribution in [1.82, 2.24) is 41.5 Å². The fourth-order valence-electron chi connectivity index (χ4n) is 6.43. The van der Waals surface area contributed by atoms with Gasteiger partial charge in [0.25, 0.3) is 11.8 Å². The molecule has 0 aromatic carbocycles. The number of hydrogen-bond acceptors (Lipinski definition) is 10. The van der Waals surface area contributed by atoms with Gasteiger partial charge in [0, 0.05) is 35.9 Å². The van der Waals surface area contributed by atoms with E-state index < -0.39 is 5.41 Å². The van der Waals surface area contributed by atoms with Gasteiger partial charge in [-0.25, -0.2) is 0 Å². The summed E-state index contributed by atoms with van der Waals surface area (Å²) in [6, 6.07) is 5.78.